The number of esters is 1. The number of hydrogen-bond donors (Lipinski definition) is 0. The highest BCUT2D eigenvalue weighted by atomic mass is 35.5. The van der Waals surface area contributed by atoms with Crippen LogP contribution in [0.25, 0.3) is 0 Å². The summed E-state index contributed by atoms with van der Waals surface area (Å²) in [7, 11) is 0. The molecule has 0 heterocycles. The van der Waals surface area contributed by atoms with Gasteiger partial charge in [0.25, 0.3) is 0 Å². The maximum absolute atomic E-state index is 9.90. The fraction of sp³-hybridized carbons (Fsp3) is 0.500. The summed E-state index contributed by atoms with van der Waals surface area (Å²) in [4.78, 5) is 9.25. The van der Waals surface area contributed by atoms with Crippen LogP contribution in [0.15, 0.2) is 0 Å². The second-order valence-corrected chi connectivity index (χ2v) is 2.35. The van der Waals surface area contributed by atoms with Gasteiger partial charge in [0, 0.05) is 0 Å². The van der Waals surface area contributed by atoms with E-state index in [1.54, 1.807) is 0 Å². The summed E-state index contributed by atoms with van der Waals surface area (Å²) < 4.78 is 4.29. The highest BCUT2D eigenvalue weighted by Crippen LogP contribution is 2.00. The normalized spacial score (nSPS) is 9.50. The second kappa shape index (κ2) is 3.98. The standard InChI is InChI=1S/C4H5Cl2O2/c1-3(7)8-2-4(5)6/h4H,1-2H2. The number of carbonyl (C=O) groups is 1. The van der Waals surface area contributed by atoms with Crippen molar-refractivity contribution in [3.8, 4) is 0 Å². The van der Waals surface area contributed by atoms with E-state index in [9.17, 15) is 4.79 Å². The van der Waals surface area contributed by atoms with Crippen LogP contribution in [0.2, 0.25) is 0 Å². The average molecular weight is 156 g/mol. The molecule has 1 radical (unpaired) electrons. The molecule has 2 nitrogen and oxygen atoms in total. The molecule has 0 aromatic carbocycles. The van der Waals surface area contributed by atoms with Crippen molar-refractivity contribution in [2.45, 2.75) is 4.84 Å². The van der Waals surface area contributed by atoms with Crippen LogP contribution in [0.4, 0.5) is 0 Å². The molecule has 0 atom stereocenters. The lowest BCUT2D eigenvalue weighted by Crippen LogP contribution is -2.06. The molecule has 0 saturated heterocycles. The first-order valence-corrected chi connectivity index (χ1v) is 2.77. The summed E-state index contributed by atoms with van der Waals surface area (Å²) in [5.74, 6) is -0.615. The van der Waals surface area contributed by atoms with Gasteiger partial charge in [0.2, 0.25) is 0 Å². The molecule has 0 aliphatic carbocycles. The van der Waals surface area contributed by atoms with Gasteiger partial charge in [0.05, 0.1) is 6.92 Å². The highest BCUT2D eigenvalue weighted by molar-refractivity contribution is 6.44. The van der Waals surface area contributed by atoms with E-state index in [1.165, 1.54) is 0 Å². The Bertz CT molecular complexity index is 82.1. The predicted molar refractivity (Wildman–Crippen MR) is 31.8 cm³/mol. The van der Waals surface area contributed by atoms with Gasteiger partial charge in [0.1, 0.15) is 11.4 Å². The van der Waals surface area contributed by atoms with Crippen LogP contribution in [-0.4, -0.2) is 17.4 Å². The highest BCUT2D eigenvalue weighted by Gasteiger charge is 1.99. The number of hydrogen-bond acceptors (Lipinski definition) is 2. The minimum atomic E-state index is -0.652. The smallest absolute Gasteiger partial charge is 0.306 e. The number of alkyl halides is 2. The van der Waals surface area contributed by atoms with Crippen molar-refractivity contribution in [2.24, 2.45) is 0 Å². The van der Waals surface area contributed by atoms with Crippen LogP contribution in [0.1, 0.15) is 0 Å². The Labute approximate surface area is 57.7 Å². The zero-order valence-corrected chi connectivity index (χ0v) is 5.58. The number of halogens is 2. The van der Waals surface area contributed by atoms with Crippen molar-refractivity contribution >= 4 is 29.2 Å². The van der Waals surface area contributed by atoms with Gasteiger partial charge >= 0.3 is 5.97 Å². The van der Waals surface area contributed by atoms with Crippen molar-refractivity contribution in [3.63, 3.8) is 0 Å². The topological polar surface area (TPSA) is 26.3 Å². The summed E-state index contributed by atoms with van der Waals surface area (Å²) in [6.07, 6.45) is 0. The summed E-state index contributed by atoms with van der Waals surface area (Å²) in [6, 6.07) is 0. The lowest BCUT2D eigenvalue weighted by Gasteiger charge is -1.98. The van der Waals surface area contributed by atoms with Crippen LogP contribution in [0, 0.1) is 6.92 Å². The maximum Gasteiger partial charge on any atom is 0.306 e. The minimum Gasteiger partial charge on any atom is -0.463 e. The van der Waals surface area contributed by atoms with Gasteiger partial charge in [-0.3, -0.25) is 4.79 Å². The first kappa shape index (κ1) is 8.05. The van der Waals surface area contributed by atoms with Gasteiger partial charge in [-0.15, -0.1) is 23.2 Å². The molecular weight excluding hydrogens is 151 g/mol. The Morgan fingerprint density at radius 3 is 2.38 bits per heavy atom. The van der Waals surface area contributed by atoms with Crippen LogP contribution in [0.5, 0.6) is 0 Å². The number of rotatable bonds is 2. The third kappa shape index (κ3) is 6.05. The largest absolute Gasteiger partial charge is 0.463 e. The molecule has 8 heavy (non-hydrogen) atoms. The molecule has 0 aliphatic rings. The molecule has 0 rings (SSSR count). The molecule has 0 spiro atoms. The van der Waals surface area contributed by atoms with Gasteiger partial charge < -0.3 is 4.74 Å². The van der Waals surface area contributed by atoms with Crippen LogP contribution < -0.4 is 0 Å². The van der Waals surface area contributed by atoms with E-state index < -0.39 is 10.8 Å². The van der Waals surface area contributed by atoms with Crippen LogP contribution in [-0.2, 0) is 9.53 Å². The molecule has 0 amide bonds. The van der Waals surface area contributed by atoms with Crippen LogP contribution in [0.3, 0.4) is 0 Å². The third-order valence-corrected chi connectivity index (χ3v) is 0.622. The average Bonchev–Trinajstić information content (AvgIpc) is 1.61. The SMILES string of the molecule is [CH2]C(=O)OCC(Cl)Cl. The molecule has 0 fully saturated rings. The van der Waals surface area contributed by atoms with E-state index in [-0.39, 0.29) is 6.61 Å². The van der Waals surface area contributed by atoms with Crippen LogP contribution >= 0.6 is 23.2 Å². The van der Waals surface area contributed by atoms with Crippen molar-refractivity contribution in [2.75, 3.05) is 6.61 Å². The van der Waals surface area contributed by atoms with Crippen molar-refractivity contribution in [3.05, 3.63) is 6.92 Å². The Kier molecular flexibility index (Phi) is 4.01. The van der Waals surface area contributed by atoms with Gasteiger partial charge in [-0.2, -0.15) is 0 Å². The van der Waals surface area contributed by atoms with Gasteiger partial charge in [-0.05, 0) is 0 Å². The molecule has 0 aromatic rings. The Hall–Kier alpha value is 0.0500. The van der Waals surface area contributed by atoms with E-state index in [0.717, 1.165) is 0 Å². The van der Waals surface area contributed by atoms with Crippen molar-refractivity contribution in [1.82, 2.24) is 0 Å². The van der Waals surface area contributed by atoms with Crippen molar-refractivity contribution in [1.29, 1.82) is 0 Å². The third-order valence-electron chi connectivity index (χ3n) is 0.370. The minimum absolute atomic E-state index is 0.00540. The molecule has 0 aliphatic heterocycles. The van der Waals surface area contributed by atoms with Gasteiger partial charge in [-0.1, -0.05) is 0 Å². The zero-order valence-electron chi connectivity index (χ0n) is 4.06. The fourth-order valence-electron chi connectivity index (χ4n) is 0.156. The predicted octanol–water partition coefficient (Wildman–Crippen LogP) is 1.17. The van der Waals surface area contributed by atoms with E-state index in [1.807, 2.05) is 0 Å². The van der Waals surface area contributed by atoms with Crippen molar-refractivity contribution < 1.29 is 9.53 Å². The monoisotopic (exact) mass is 155 g/mol. The summed E-state index contributed by atoms with van der Waals surface area (Å²) >= 11 is 10.4. The molecule has 0 N–H and O–H groups in total. The molecular formula is C4H5Cl2O2. The van der Waals surface area contributed by atoms with E-state index in [2.05, 4.69) is 11.7 Å². The van der Waals surface area contributed by atoms with E-state index in [0.29, 0.717) is 0 Å². The lowest BCUT2D eigenvalue weighted by molar-refractivity contribution is -0.137. The molecule has 0 saturated carbocycles. The molecule has 4 heteroatoms. The maximum atomic E-state index is 9.90. The quantitative estimate of drug-likeness (QED) is 0.443. The lowest BCUT2D eigenvalue weighted by atomic mass is 10.8. The Morgan fingerprint density at radius 2 is 2.25 bits per heavy atom. The Balaban J connectivity index is 3.05. The second-order valence-electron chi connectivity index (χ2n) is 1.07. The molecule has 0 aromatic heterocycles. The summed E-state index contributed by atoms with van der Waals surface area (Å²) in [5.41, 5.74) is 0. The molecule has 47 valence electrons. The number of carbonyl (C=O) groups excluding carboxylic acids is 1. The first-order valence-electron chi connectivity index (χ1n) is 1.90. The Morgan fingerprint density at radius 1 is 1.75 bits per heavy atom. The molecule has 0 bridgehead atoms. The molecule has 0 unspecified atom stereocenters. The van der Waals surface area contributed by atoms with Gasteiger partial charge in [-0.25, -0.2) is 0 Å². The van der Waals surface area contributed by atoms with E-state index >= 15 is 0 Å². The first-order chi connectivity index (χ1) is 3.63. The summed E-state index contributed by atoms with van der Waals surface area (Å²) in [6.45, 7) is 2.94. The van der Waals surface area contributed by atoms with E-state index in [4.69, 9.17) is 23.2 Å². The summed E-state index contributed by atoms with van der Waals surface area (Å²) in [5, 5.41) is 0. The van der Waals surface area contributed by atoms with Gasteiger partial charge in [0.15, 0.2) is 0 Å². The zero-order chi connectivity index (χ0) is 6.57. The fourth-order valence-corrected chi connectivity index (χ4v) is 0.282. The number of ether oxygens (including phenoxy) is 1.